The van der Waals surface area contributed by atoms with Gasteiger partial charge in [0, 0.05) is 12.8 Å². The third-order valence-corrected chi connectivity index (χ3v) is 2.97. The van der Waals surface area contributed by atoms with Crippen molar-refractivity contribution >= 4 is 11.8 Å². The van der Waals surface area contributed by atoms with Crippen LogP contribution in [0.25, 0.3) is 0 Å². The van der Waals surface area contributed by atoms with Crippen LogP contribution in [0.15, 0.2) is 24.3 Å². The number of hydrogen-bond acceptors (Lipinski definition) is 3. The molecule has 84 valence electrons. The van der Waals surface area contributed by atoms with Crippen LogP contribution in [-0.2, 0) is 19.7 Å². The predicted octanol–water partition coefficient (Wildman–Crippen LogP) is 1.60. The Hall–Kier alpha value is -1.71. The van der Waals surface area contributed by atoms with Gasteiger partial charge in [-0.3, -0.25) is 9.59 Å². The highest BCUT2D eigenvalue weighted by Crippen LogP contribution is 2.42. The van der Waals surface area contributed by atoms with Crippen LogP contribution in [0, 0.1) is 5.82 Å². The fraction of sp³-hybridized carbons (Fsp3) is 0.333. The maximum atomic E-state index is 12.8. The van der Waals surface area contributed by atoms with E-state index in [9.17, 15) is 14.0 Å². The first-order valence-electron chi connectivity index (χ1n) is 4.95. The summed E-state index contributed by atoms with van der Waals surface area (Å²) in [6.07, 6.45) is 0.288. The zero-order chi connectivity index (χ0) is 11.8. The molecule has 0 aromatic heterocycles. The van der Waals surface area contributed by atoms with Crippen molar-refractivity contribution in [2.75, 3.05) is 7.11 Å². The normalized spacial score (nSPS) is 17.8. The Bertz CT molecular complexity index is 428. The average molecular weight is 222 g/mol. The van der Waals surface area contributed by atoms with Gasteiger partial charge in [0.1, 0.15) is 17.0 Å². The van der Waals surface area contributed by atoms with Gasteiger partial charge in [-0.05, 0) is 17.7 Å². The Morgan fingerprint density at radius 3 is 2.31 bits per heavy atom. The molecule has 0 atom stereocenters. The molecule has 0 radical (unpaired) electrons. The number of halogens is 1. The highest BCUT2D eigenvalue weighted by atomic mass is 19.1. The molecule has 16 heavy (non-hydrogen) atoms. The van der Waals surface area contributed by atoms with Gasteiger partial charge in [-0.2, -0.15) is 0 Å². The molecule has 1 aromatic carbocycles. The first kappa shape index (κ1) is 10.8. The largest absolute Gasteiger partial charge is 0.468 e. The fourth-order valence-electron chi connectivity index (χ4n) is 2.05. The lowest BCUT2D eigenvalue weighted by molar-refractivity contribution is -0.156. The van der Waals surface area contributed by atoms with Crippen LogP contribution in [0.4, 0.5) is 4.39 Å². The third kappa shape index (κ3) is 1.50. The van der Waals surface area contributed by atoms with Crippen molar-refractivity contribution in [2.24, 2.45) is 0 Å². The predicted molar refractivity (Wildman–Crippen MR) is 54.3 cm³/mol. The Kier molecular flexibility index (Phi) is 2.50. The monoisotopic (exact) mass is 222 g/mol. The number of esters is 1. The molecule has 0 N–H and O–H groups in total. The molecule has 1 aliphatic carbocycles. The van der Waals surface area contributed by atoms with Crippen molar-refractivity contribution in [1.82, 2.24) is 0 Å². The van der Waals surface area contributed by atoms with Crippen molar-refractivity contribution in [3.8, 4) is 0 Å². The van der Waals surface area contributed by atoms with Crippen LogP contribution < -0.4 is 0 Å². The van der Waals surface area contributed by atoms with Gasteiger partial charge in [0.2, 0.25) is 0 Å². The van der Waals surface area contributed by atoms with E-state index in [2.05, 4.69) is 0 Å². The number of Topliss-reactive ketones (excluding diaryl/α,β-unsaturated/α-hetero) is 1. The van der Waals surface area contributed by atoms with Gasteiger partial charge in [-0.15, -0.1) is 0 Å². The Morgan fingerprint density at radius 1 is 1.31 bits per heavy atom. The molecule has 0 saturated heterocycles. The van der Waals surface area contributed by atoms with Crippen molar-refractivity contribution in [1.29, 1.82) is 0 Å². The first-order valence-corrected chi connectivity index (χ1v) is 4.95. The van der Waals surface area contributed by atoms with Gasteiger partial charge in [-0.1, -0.05) is 12.1 Å². The highest BCUT2D eigenvalue weighted by Gasteiger charge is 2.52. The van der Waals surface area contributed by atoms with Crippen molar-refractivity contribution < 1.29 is 18.7 Å². The van der Waals surface area contributed by atoms with E-state index < -0.39 is 11.4 Å². The standard InChI is InChI=1S/C12H11FO3/c1-16-11(15)12(6-10(14)7-12)8-2-4-9(13)5-3-8/h2-5H,6-7H2,1H3. The highest BCUT2D eigenvalue weighted by molar-refractivity contribution is 6.02. The summed E-state index contributed by atoms with van der Waals surface area (Å²) >= 11 is 0. The van der Waals surface area contributed by atoms with Crippen LogP contribution in [0.2, 0.25) is 0 Å². The van der Waals surface area contributed by atoms with Crippen molar-refractivity contribution in [3.63, 3.8) is 0 Å². The number of carbonyl (C=O) groups is 2. The molecule has 1 aliphatic rings. The summed E-state index contributed by atoms with van der Waals surface area (Å²) in [5, 5.41) is 0. The molecule has 1 aromatic rings. The summed E-state index contributed by atoms with van der Waals surface area (Å²) < 4.78 is 17.5. The smallest absolute Gasteiger partial charge is 0.317 e. The minimum absolute atomic E-state index is 0.0229. The number of benzene rings is 1. The zero-order valence-corrected chi connectivity index (χ0v) is 8.83. The quantitative estimate of drug-likeness (QED) is 0.714. The van der Waals surface area contributed by atoms with E-state index >= 15 is 0 Å². The first-order chi connectivity index (χ1) is 7.58. The Balaban J connectivity index is 2.37. The molecule has 1 fully saturated rings. The molecule has 0 aliphatic heterocycles. The lowest BCUT2D eigenvalue weighted by atomic mass is 9.63. The summed E-state index contributed by atoms with van der Waals surface area (Å²) in [6.45, 7) is 0. The number of carbonyl (C=O) groups excluding carboxylic acids is 2. The summed E-state index contributed by atoms with van der Waals surface area (Å²) in [6, 6.07) is 5.61. The van der Waals surface area contributed by atoms with E-state index in [-0.39, 0.29) is 24.4 Å². The van der Waals surface area contributed by atoms with E-state index in [0.717, 1.165) is 0 Å². The van der Waals surface area contributed by atoms with Crippen LogP contribution in [0.5, 0.6) is 0 Å². The van der Waals surface area contributed by atoms with Crippen LogP contribution in [0.1, 0.15) is 18.4 Å². The second-order valence-corrected chi connectivity index (χ2v) is 3.97. The van der Waals surface area contributed by atoms with E-state index in [1.165, 1.54) is 31.4 Å². The molecule has 3 nitrogen and oxygen atoms in total. The van der Waals surface area contributed by atoms with Crippen LogP contribution in [0.3, 0.4) is 0 Å². The molecular weight excluding hydrogens is 211 g/mol. The molecule has 0 amide bonds. The van der Waals surface area contributed by atoms with Crippen LogP contribution >= 0.6 is 0 Å². The van der Waals surface area contributed by atoms with Gasteiger partial charge in [0.25, 0.3) is 0 Å². The second-order valence-electron chi connectivity index (χ2n) is 3.97. The fourth-order valence-corrected chi connectivity index (χ4v) is 2.05. The summed E-state index contributed by atoms with van der Waals surface area (Å²) in [5.74, 6) is -0.775. The Labute approximate surface area is 92.2 Å². The Morgan fingerprint density at radius 2 is 1.88 bits per heavy atom. The van der Waals surface area contributed by atoms with Gasteiger partial charge in [0.05, 0.1) is 7.11 Å². The molecule has 0 unspecified atom stereocenters. The summed E-state index contributed by atoms with van der Waals surface area (Å²) in [5.41, 5.74) is -0.250. The average Bonchev–Trinajstić information content (AvgIpc) is 2.25. The second kappa shape index (κ2) is 3.70. The maximum absolute atomic E-state index is 12.8. The minimum atomic E-state index is -0.889. The van der Waals surface area contributed by atoms with Gasteiger partial charge < -0.3 is 4.74 Å². The topological polar surface area (TPSA) is 43.4 Å². The molecule has 2 rings (SSSR count). The number of rotatable bonds is 2. The van der Waals surface area contributed by atoms with E-state index in [1.807, 2.05) is 0 Å². The van der Waals surface area contributed by atoms with Gasteiger partial charge >= 0.3 is 5.97 Å². The van der Waals surface area contributed by atoms with Crippen molar-refractivity contribution in [2.45, 2.75) is 18.3 Å². The molecule has 1 saturated carbocycles. The molecule has 0 heterocycles. The minimum Gasteiger partial charge on any atom is -0.468 e. The van der Waals surface area contributed by atoms with Gasteiger partial charge in [-0.25, -0.2) is 4.39 Å². The number of hydrogen-bond donors (Lipinski definition) is 0. The zero-order valence-electron chi connectivity index (χ0n) is 8.83. The number of ketones is 1. The molecule has 4 heteroatoms. The molecule has 0 bridgehead atoms. The van der Waals surface area contributed by atoms with Crippen LogP contribution in [-0.4, -0.2) is 18.9 Å². The summed E-state index contributed by atoms with van der Waals surface area (Å²) in [4.78, 5) is 22.8. The van der Waals surface area contributed by atoms with E-state index in [0.29, 0.717) is 5.56 Å². The maximum Gasteiger partial charge on any atom is 0.317 e. The van der Waals surface area contributed by atoms with Crippen molar-refractivity contribution in [3.05, 3.63) is 35.6 Å². The van der Waals surface area contributed by atoms with E-state index in [1.54, 1.807) is 0 Å². The van der Waals surface area contributed by atoms with Gasteiger partial charge in [0.15, 0.2) is 0 Å². The lowest BCUT2D eigenvalue weighted by Gasteiger charge is -2.37. The summed E-state index contributed by atoms with van der Waals surface area (Å²) in [7, 11) is 1.29. The lowest BCUT2D eigenvalue weighted by Crippen LogP contribution is -2.48. The van der Waals surface area contributed by atoms with E-state index in [4.69, 9.17) is 4.74 Å². The third-order valence-electron chi connectivity index (χ3n) is 2.97. The number of ether oxygens (including phenoxy) is 1. The molecular formula is C12H11FO3. The molecule has 0 spiro atoms. The SMILES string of the molecule is COC(=O)C1(c2ccc(F)cc2)CC(=O)C1. The number of methoxy groups -OCH3 is 1.